The first-order chi connectivity index (χ1) is 9.10. The summed E-state index contributed by atoms with van der Waals surface area (Å²) in [5.74, 6) is 0. The zero-order chi connectivity index (χ0) is 13.8. The molecular weight excluding hydrogens is 365 g/mol. The highest BCUT2D eigenvalue weighted by molar-refractivity contribution is 9.10. The van der Waals surface area contributed by atoms with Gasteiger partial charge in [-0.1, -0.05) is 52.1 Å². The minimum Gasteiger partial charge on any atom is -0.310 e. The van der Waals surface area contributed by atoms with Gasteiger partial charge in [-0.3, -0.25) is 0 Å². The van der Waals surface area contributed by atoms with E-state index in [1.54, 1.807) is 11.3 Å². The van der Waals surface area contributed by atoms with Crippen molar-refractivity contribution in [1.29, 1.82) is 0 Å². The summed E-state index contributed by atoms with van der Waals surface area (Å²) in [7, 11) is 0. The van der Waals surface area contributed by atoms with Gasteiger partial charge in [0.25, 0.3) is 0 Å². The molecule has 2 rings (SSSR count). The molecule has 0 saturated heterocycles. The van der Waals surface area contributed by atoms with E-state index in [2.05, 4.69) is 40.3 Å². The molecule has 1 aromatic heterocycles. The van der Waals surface area contributed by atoms with Crippen molar-refractivity contribution in [2.75, 3.05) is 6.54 Å². The quantitative estimate of drug-likeness (QED) is 0.702. The number of likely N-dealkylation sites (N-methyl/N-ethyl adjacent to an activating group) is 1. The van der Waals surface area contributed by atoms with E-state index in [4.69, 9.17) is 23.2 Å². The van der Waals surface area contributed by atoms with E-state index >= 15 is 0 Å². The molecule has 1 unspecified atom stereocenters. The molecule has 0 bridgehead atoms. The lowest BCUT2D eigenvalue weighted by Crippen LogP contribution is -2.23. The summed E-state index contributed by atoms with van der Waals surface area (Å²) >= 11 is 17.4. The third-order valence-electron chi connectivity index (χ3n) is 2.82. The summed E-state index contributed by atoms with van der Waals surface area (Å²) < 4.78 is 1.82. The van der Waals surface area contributed by atoms with Crippen molar-refractivity contribution in [2.45, 2.75) is 19.4 Å². The minimum atomic E-state index is 0.209. The number of halogens is 3. The Morgan fingerprint density at radius 3 is 2.63 bits per heavy atom. The zero-order valence-electron chi connectivity index (χ0n) is 10.4. The van der Waals surface area contributed by atoms with Gasteiger partial charge in [0.1, 0.15) is 0 Å². The van der Waals surface area contributed by atoms with Gasteiger partial charge in [-0.25, -0.2) is 0 Å². The van der Waals surface area contributed by atoms with Gasteiger partial charge in [-0.05, 0) is 36.4 Å². The summed E-state index contributed by atoms with van der Waals surface area (Å²) in [6.07, 6.45) is 0.895. The van der Waals surface area contributed by atoms with Crippen molar-refractivity contribution < 1.29 is 0 Å². The Hall–Kier alpha value is -0.0600. The van der Waals surface area contributed by atoms with Crippen LogP contribution in [0.5, 0.6) is 0 Å². The summed E-state index contributed by atoms with van der Waals surface area (Å²) in [5, 5.41) is 4.26. The second-order valence-corrected chi connectivity index (χ2v) is 7.31. The van der Waals surface area contributed by atoms with Crippen molar-refractivity contribution >= 4 is 50.5 Å². The molecule has 1 aromatic carbocycles. The maximum atomic E-state index is 6.34. The Bertz CT molecular complexity index is 556. The number of rotatable bonds is 5. The number of nitrogens with one attached hydrogen (secondary N) is 1. The van der Waals surface area contributed by atoms with Crippen LogP contribution in [0.4, 0.5) is 0 Å². The van der Waals surface area contributed by atoms with Crippen LogP contribution in [0, 0.1) is 0 Å². The first kappa shape index (κ1) is 15.3. The van der Waals surface area contributed by atoms with Gasteiger partial charge < -0.3 is 5.32 Å². The molecule has 1 nitrogen and oxygen atoms in total. The van der Waals surface area contributed by atoms with Gasteiger partial charge >= 0.3 is 0 Å². The average Bonchev–Trinajstić information content (AvgIpc) is 2.74. The molecule has 19 heavy (non-hydrogen) atoms. The predicted octanol–water partition coefficient (Wildman–Crippen LogP) is 5.71. The SMILES string of the molecule is CCNC(Cc1ccc(Cl)s1)c1ccc(Br)cc1Cl. The summed E-state index contributed by atoms with van der Waals surface area (Å²) in [6.45, 7) is 3.00. The summed E-state index contributed by atoms with van der Waals surface area (Å²) in [6, 6.07) is 10.2. The van der Waals surface area contributed by atoms with E-state index in [0.717, 1.165) is 32.4 Å². The topological polar surface area (TPSA) is 12.0 Å². The smallest absolute Gasteiger partial charge is 0.0931 e. The van der Waals surface area contributed by atoms with Gasteiger partial charge in [-0.2, -0.15) is 0 Å². The van der Waals surface area contributed by atoms with Crippen molar-refractivity contribution in [1.82, 2.24) is 5.32 Å². The molecule has 0 radical (unpaired) electrons. The monoisotopic (exact) mass is 377 g/mol. The van der Waals surface area contributed by atoms with Gasteiger partial charge in [-0.15, -0.1) is 11.3 Å². The highest BCUT2D eigenvalue weighted by Crippen LogP contribution is 2.31. The van der Waals surface area contributed by atoms with Crippen molar-refractivity contribution in [3.63, 3.8) is 0 Å². The first-order valence-corrected chi connectivity index (χ1v) is 8.39. The number of hydrogen-bond acceptors (Lipinski definition) is 2. The van der Waals surface area contributed by atoms with Crippen LogP contribution in [-0.4, -0.2) is 6.54 Å². The van der Waals surface area contributed by atoms with E-state index in [1.165, 1.54) is 4.88 Å². The molecule has 0 amide bonds. The molecule has 102 valence electrons. The number of benzene rings is 1. The second kappa shape index (κ2) is 7.09. The molecule has 0 fully saturated rings. The Morgan fingerprint density at radius 1 is 1.26 bits per heavy atom. The largest absolute Gasteiger partial charge is 0.310 e. The highest BCUT2D eigenvalue weighted by Gasteiger charge is 2.15. The molecule has 1 heterocycles. The average molecular weight is 379 g/mol. The molecule has 0 spiro atoms. The standard InChI is InChI=1S/C14H14BrCl2NS/c1-2-18-13(8-10-4-6-14(17)19-10)11-5-3-9(15)7-12(11)16/h3-7,13,18H,2,8H2,1H3. The Labute approximate surface area is 136 Å². The summed E-state index contributed by atoms with van der Waals surface area (Å²) in [4.78, 5) is 1.26. The van der Waals surface area contributed by atoms with E-state index in [9.17, 15) is 0 Å². The first-order valence-electron chi connectivity index (χ1n) is 6.02. The number of thiophene rings is 1. The molecule has 0 aliphatic carbocycles. The normalized spacial score (nSPS) is 12.6. The maximum absolute atomic E-state index is 6.34. The molecule has 0 aliphatic heterocycles. The lowest BCUT2D eigenvalue weighted by molar-refractivity contribution is 0.553. The fourth-order valence-electron chi connectivity index (χ4n) is 1.99. The van der Waals surface area contributed by atoms with E-state index < -0.39 is 0 Å². The van der Waals surface area contributed by atoms with Crippen molar-refractivity contribution in [3.8, 4) is 0 Å². The van der Waals surface area contributed by atoms with Crippen LogP contribution in [0.3, 0.4) is 0 Å². The van der Waals surface area contributed by atoms with Gasteiger partial charge in [0, 0.05) is 26.8 Å². The Kier molecular flexibility index (Phi) is 5.72. The molecule has 0 saturated carbocycles. The van der Waals surface area contributed by atoms with E-state index in [-0.39, 0.29) is 6.04 Å². The molecule has 2 aromatic rings. The maximum Gasteiger partial charge on any atom is 0.0931 e. The van der Waals surface area contributed by atoms with E-state index in [0.29, 0.717) is 0 Å². The Balaban J connectivity index is 2.23. The second-order valence-electron chi connectivity index (χ2n) is 4.19. The van der Waals surface area contributed by atoms with Crippen molar-refractivity contribution in [2.24, 2.45) is 0 Å². The minimum absolute atomic E-state index is 0.209. The molecule has 1 N–H and O–H groups in total. The van der Waals surface area contributed by atoms with Crippen LogP contribution in [0.1, 0.15) is 23.4 Å². The van der Waals surface area contributed by atoms with Crippen molar-refractivity contribution in [3.05, 3.63) is 54.6 Å². The zero-order valence-corrected chi connectivity index (χ0v) is 14.3. The van der Waals surface area contributed by atoms with Crippen LogP contribution >= 0.6 is 50.5 Å². The van der Waals surface area contributed by atoms with Crippen LogP contribution < -0.4 is 5.32 Å². The van der Waals surface area contributed by atoms with Crippen LogP contribution in [0.25, 0.3) is 0 Å². The number of hydrogen-bond donors (Lipinski definition) is 1. The fraction of sp³-hybridized carbons (Fsp3) is 0.286. The predicted molar refractivity (Wildman–Crippen MR) is 88.6 cm³/mol. The van der Waals surface area contributed by atoms with Crippen LogP contribution in [0.2, 0.25) is 9.36 Å². The van der Waals surface area contributed by atoms with Gasteiger partial charge in [0.2, 0.25) is 0 Å². The van der Waals surface area contributed by atoms with Crippen LogP contribution in [0.15, 0.2) is 34.8 Å². The van der Waals surface area contributed by atoms with Gasteiger partial charge in [0.15, 0.2) is 0 Å². The van der Waals surface area contributed by atoms with Gasteiger partial charge in [0.05, 0.1) is 4.34 Å². The highest BCUT2D eigenvalue weighted by atomic mass is 79.9. The van der Waals surface area contributed by atoms with E-state index in [1.807, 2.05) is 18.2 Å². The third kappa shape index (κ3) is 4.20. The molecule has 1 atom stereocenters. The Morgan fingerprint density at radius 2 is 2.05 bits per heavy atom. The molecule has 0 aliphatic rings. The summed E-state index contributed by atoms with van der Waals surface area (Å²) in [5.41, 5.74) is 1.12. The lowest BCUT2D eigenvalue weighted by Gasteiger charge is -2.19. The third-order valence-corrected chi connectivity index (χ3v) is 4.90. The molecular formula is C14H14BrCl2NS. The molecule has 5 heteroatoms. The van der Waals surface area contributed by atoms with Crippen LogP contribution in [-0.2, 0) is 6.42 Å². The fourth-order valence-corrected chi connectivity index (χ4v) is 3.92. The lowest BCUT2D eigenvalue weighted by atomic mass is 10.0.